The van der Waals surface area contributed by atoms with E-state index in [1.54, 1.807) is 19.5 Å². The smallest absolute Gasteiger partial charge is 0.162 e. The Morgan fingerprint density at radius 2 is 1.63 bits per heavy atom. The standard InChI is InChI=1S/C25H23Cl2NO2/c1-29-24-12-11-18(13-25(24)30-19-9-5-6-10-19)20(17-7-3-2-4-8-17)14-21-22(26)15-28-16-23(21)27/h2-4,7-8,11-16,19H,5-6,9-10H2,1H3/b20-14+. The average molecular weight is 440 g/mol. The molecule has 1 heterocycles. The summed E-state index contributed by atoms with van der Waals surface area (Å²) in [5, 5.41) is 1.01. The molecule has 0 bridgehead atoms. The lowest BCUT2D eigenvalue weighted by Gasteiger charge is -2.18. The number of nitrogens with zero attached hydrogens (tertiary/aromatic N) is 1. The molecule has 154 valence electrons. The van der Waals surface area contributed by atoms with E-state index >= 15 is 0 Å². The number of pyridine rings is 1. The van der Waals surface area contributed by atoms with Crippen LogP contribution in [0.15, 0.2) is 60.9 Å². The summed E-state index contributed by atoms with van der Waals surface area (Å²) in [4.78, 5) is 4.06. The molecule has 0 unspecified atom stereocenters. The van der Waals surface area contributed by atoms with Crippen LogP contribution < -0.4 is 9.47 Å². The molecule has 1 saturated carbocycles. The van der Waals surface area contributed by atoms with E-state index in [1.807, 2.05) is 42.5 Å². The molecular formula is C25H23Cl2NO2. The molecule has 0 spiro atoms. The van der Waals surface area contributed by atoms with Gasteiger partial charge in [0.05, 0.1) is 23.3 Å². The van der Waals surface area contributed by atoms with Crippen LogP contribution in [0.1, 0.15) is 42.4 Å². The first-order chi connectivity index (χ1) is 14.7. The quantitative estimate of drug-likeness (QED) is 0.403. The predicted molar refractivity (Wildman–Crippen MR) is 124 cm³/mol. The normalized spacial score (nSPS) is 14.7. The van der Waals surface area contributed by atoms with Crippen molar-refractivity contribution in [3.63, 3.8) is 0 Å². The second-order valence-electron chi connectivity index (χ2n) is 7.33. The van der Waals surface area contributed by atoms with Crippen LogP contribution in [0.4, 0.5) is 0 Å². The molecule has 3 aromatic rings. The van der Waals surface area contributed by atoms with Crippen LogP contribution in [-0.4, -0.2) is 18.2 Å². The molecule has 2 aromatic carbocycles. The van der Waals surface area contributed by atoms with Gasteiger partial charge in [0.2, 0.25) is 0 Å². The maximum absolute atomic E-state index is 6.40. The van der Waals surface area contributed by atoms with Gasteiger partial charge in [-0.1, -0.05) is 59.6 Å². The maximum Gasteiger partial charge on any atom is 0.162 e. The predicted octanol–water partition coefficient (Wildman–Crippen LogP) is 7.31. The Balaban J connectivity index is 1.82. The molecule has 1 aliphatic rings. The zero-order chi connectivity index (χ0) is 20.9. The van der Waals surface area contributed by atoms with Crippen molar-refractivity contribution < 1.29 is 9.47 Å². The topological polar surface area (TPSA) is 31.4 Å². The van der Waals surface area contributed by atoms with Crippen molar-refractivity contribution in [3.05, 3.63) is 87.7 Å². The summed E-state index contributed by atoms with van der Waals surface area (Å²) in [6.45, 7) is 0. The van der Waals surface area contributed by atoms with Crippen LogP contribution in [0.2, 0.25) is 10.0 Å². The molecule has 1 aliphatic carbocycles. The third-order valence-electron chi connectivity index (χ3n) is 5.33. The second kappa shape index (κ2) is 9.55. The van der Waals surface area contributed by atoms with Gasteiger partial charge in [0.25, 0.3) is 0 Å². The number of hydrogen-bond donors (Lipinski definition) is 0. The van der Waals surface area contributed by atoms with Gasteiger partial charge >= 0.3 is 0 Å². The lowest BCUT2D eigenvalue weighted by atomic mass is 9.95. The molecule has 0 radical (unpaired) electrons. The average Bonchev–Trinajstić information content (AvgIpc) is 3.27. The van der Waals surface area contributed by atoms with Crippen molar-refractivity contribution in [2.45, 2.75) is 31.8 Å². The zero-order valence-electron chi connectivity index (χ0n) is 16.8. The van der Waals surface area contributed by atoms with Crippen molar-refractivity contribution in [3.8, 4) is 11.5 Å². The van der Waals surface area contributed by atoms with E-state index in [1.165, 1.54) is 12.8 Å². The molecule has 1 aromatic heterocycles. The van der Waals surface area contributed by atoms with Crippen molar-refractivity contribution in [2.75, 3.05) is 7.11 Å². The van der Waals surface area contributed by atoms with E-state index < -0.39 is 0 Å². The summed E-state index contributed by atoms with van der Waals surface area (Å²) in [5.74, 6) is 1.49. The molecule has 30 heavy (non-hydrogen) atoms. The fraction of sp³-hybridized carbons (Fsp3) is 0.240. The van der Waals surface area contributed by atoms with Crippen LogP contribution in [0.5, 0.6) is 11.5 Å². The summed E-state index contributed by atoms with van der Waals surface area (Å²) < 4.78 is 11.9. The van der Waals surface area contributed by atoms with Gasteiger partial charge in [0.15, 0.2) is 11.5 Å². The second-order valence-corrected chi connectivity index (χ2v) is 8.15. The van der Waals surface area contributed by atoms with Crippen molar-refractivity contribution in [2.24, 2.45) is 0 Å². The third kappa shape index (κ3) is 4.63. The Hall–Kier alpha value is -2.49. The summed E-state index contributed by atoms with van der Waals surface area (Å²) >= 11 is 12.8. The Labute approximate surface area is 187 Å². The van der Waals surface area contributed by atoms with Gasteiger partial charge < -0.3 is 9.47 Å². The van der Waals surface area contributed by atoms with Gasteiger partial charge in [-0.25, -0.2) is 0 Å². The molecule has 1 fully saturated rings. The van der Waals surface area contributed by atoms with E-state index in [4.69, 9.17) is 32.7 Å². The number of rotatable bonds is 6. The number of aromatic nitrogens is 1. The fourth-order valence-corrected chi connectivity index (χ4v) is 4.25. The number of hydrogen-bond acceptors (Lipinski definition) is 3. The van der Waals surface area contributed by atoms with Gasteiger partial charge in [-0.15, -0.1) is 0 Å². The highest BCUT2D eigenvalue weighted by Gasteiger charge is 2.19. The van der Waals surface area contributed by atoms with Crippen molar-refractivity contribution in [1.82, 2.24) is 4.98 Å². The summed E-state index contributed by atoms with van der Waals surface area (Å²) in [6.07, 6.45) is 10.0. The van der Waals surface area contributed by atoms with E-state index in [0.29, 0.717) is 10.0 Å². The minimum absolute atomic E-state index is 0.238. The van der Waals surface area contributed by atoms with Crippen molar-refractivity contribution in [1.29, 1.82) is 0 Å². The lowest BCUT2D eigenvalue weighted by molar-refractivity contribution is 0.201. The van der Waals surface area contributed by atoms with Crippen LogP contribution in [0.3, 0.4) is 0 Å². The van der Waals surface area contributed by atoms with Gasteiger partial charge in [-0.3, -0.25) is 4.98 Å². The third-order valence-corrected chi connectivity index (χ3v) is 5.94. The monoisotopic (exact) mass is 439 g/mol. The van der Waals surface area contributed by atoms with Crippen LogP contribution in [0, 0.1) is 0 Å². The zero-order valence-corrected chi connectivity index (χ0v) is 18.3. The molecule has 0 aliphatic heterocycles. The highest BCUT2D eigenvalue weighted by atomic mass is 35.5. The summed E-state index contributed by atoms with van der Waals surface area (Å²) in [6, 6.07) is 16.2. The Morgan fingerprint density at radius 1 is 0.933 bits per heavy atom. The van der Waals surface area contributed by atoms with Crippen LogP contribution in [0.25, 0.3) is 11.6 Å². The first kappa shape index (κ1) is 20.8. The molecule has 0 N–H and O–H groups in total. The van der Waals surface area contributed by atoms with Crippen molar-refractivity contribution >= 4 is 34.9 Å². The molecule has 5 heteroatoms. The van der Waals surface area contributed by atoms with Gasteiger partial charge in [0, 0.05) is 18.0 Å². The highest BCUT2D eigenvalue weighted by molar-refractivity contribution is 6.37. The molecular weight excluding hydrogens is 417 g/mol. The molecule has 0 saturated heterocycles. The first-order valence-electron chi connectivity index (χ1n) is 10.1. The number of benzene rings is 2. The molecule has 3 nitrogen and oxygen atoms in total. The Kier molecular flexibility index (Phi) is 6.61. The van der Waals surface area contributed by atoms with E-state index in [2.05, 4.69) is 17.1 Å². The summed E-state index contributed by atoms with van der Waals surface area (Å²) in [5.41, 5.74) is 3.78. The number of halogens is 2. The maximum atomic E-state index is 6.40. The van der Waals surface area contributed by atoms with Gasteiger partial charge in [0.1, 0.15) is 0 Å². The molecule has 0 amide bonds. The minimum Gasteiger partial charge on any atom is -0.493 e. The van der Waals surface area contributed by atoms with E-state index in [9.17, 15) is 0 Å². The Bertz CT molecular complexity index is 1020. The minimum atomic E-state index is 0.238. The van der Waals surface area contributed by atoms with Crippen LogP contribution in [-0.2, 0) is 0 Å². The molecule has 4 rings (SSSR count). The van der Waals surface area contributed by atoms with E-state index in [-0.39, 0.29) is 6.10 Å². The van der Waals surface area contributed by atoms with Gasteiger partial charge in [-0.2, -0.15) is 0 Å². The van der Waals surface area contributed by atoms with E-state index in [0.717, 1.165) is 46.6 Å². The van der Waals surface area contributed by atoms with Gasteiger partial charge in [-0.05, 0) is 60.6 Å². The lowest BCUT2D eigenvalue weighted by Crippen LogP contribution is -2.11. The molecule has 0 atom stereocenters. The Morgan fingerprint density at radius 3 is 2.30 bits per heavy atom. The number of ether oxygens (including phenoxy) is 2. The largest absolute Gasteiger partial charge is 0.493 e. The van der Waals surface area contributed by atoms with Crippen LogP contribution >= 0.6 is 23.2 Å². The number of methoxy groups -OCH3 is 1. The first-order valence-corrected chi connectivity index (χ1v) is 10.8. The fourth-order valence-electron chi connectivity index (χ4n) is 3.78. The SMILES string of the molecule is COc1ccc(/C(=C/c2c(Cl)cncc2Cl)c2ccccc2)cc1OC1CCCC1. The summed E-state index contributed by atoms with van der Waals surface area (Å²) in [7, 11) is 1.67. The highest BCUT2D eigenvalue weighted by Crippen LogP contribution is 2.37.